The molecule has 0 unspecified atom stereocenters. The SMILES string of the molecule is CO[C@@H]1O[C@H](C2(C(C#N)C#N)CCCCC2)[C@H]2OC(C)(C)O[C@@H]12. The fourth-order valence-electron chi connectivity index (χ4n) is 4.45. The van der Waals surface area contributed by atoms with Crippen molar-refractivity contribution in [3.8, 4) is 12.1 Å². The minimum Gasteiger partial charge on any atom is -0.353 e. The molecule has 0 N–H and O–H groups in total. The summed E-state index contributed by atoms with van der Waals surface area (Å²) in [5, 5.41) is 19.1. The molecule has 2 heterocycles. The molecule has 4 atom stereocenters. The van der Waals surface area contributed by atoms with Gasteiger partial charge in [-0.15, -0.1) is 0 Å². The summed E-state index contributed by atoms with van der Waals surface area (Å²) in [7, 11) is 1.58. The summed E-state index contributed by atoms with van der Waals surface area (Å²) >= 11 is 0. The molecule has 6 nitrogen and oxygen atoms in total. The van der Waals surface area contributed by atoms with Crippen LogP contribution in [0.5, 0.6) is 0 Å². The van der Waals surface area contributed by atoms with Gasteiger partial charge in [-0.05, 0) is 26.7 Å². The van der Waals surface area contributed by atoms with Gasteiger partial charge in [0.2, 0.25) is 0 Å². The van der Waals surface area contributed by atoms with Crippen molar-refractivity contribution in [2.75, 3.05) is 7.11 Å². The lowest BCUT2D eigenvalue weighted by Gasteiger charge is -2.44. The van der Waals surface area contributed by atoms with Crippen molar-refractivity contribution in [1.29, 1.82) is 10.5 Å². The Morgan fingerprint density at radius 3 is 2.22 bits per heavy atom. The first-order valence-corrected chi connectivity index (χ1v) is 8.30. The highest BCUT2D eigenvalue weighted by atomic mass is 16.8. The highest BCUT2D eigenvalue weighted by Gasteiger charge is 2.63. The summed E-state index contributed by atoms with van der Waals surface area (Å²) in [6.45, 7) is 3.74. The Labute approximate surface area is 137 Å². The van der Waals surface area contributed by atoms with Crippen LogP contribution in [-0.2, 0) is 18.9 Å². The van der Waals surface area contributed by atoms with E-state index in [1.165, 1.54) is 0 Å². The van der Waals surface area contributed by atoms with Crippen LogP contribution in [0.15, 0.2) is 0 Å². The largest absolute Gasteiger partial charge is 0.353 e. The highest BCUT2D eigenvalue weighted by Crippen LogP contribution is 2.53. The van der Waals surface area contributed by atoms with Crippen molar-refractivity contribution in [1.82, 2.24) is 0 Å². The molecular formula is C17H24N2O4. The summed E-state index contributed by atoms with van der Waals surface area (Å²) < 4.78 is 23.6. The first kappa shape index (κ1) is 16.7. The monoisotopic (exact) mass is 320 g/mol. The average molecular weight is 320 g/mol. The molecule has 0 aromatic carbocycles. The number of nitriles is 2. The highest BCUT2D eigenvalue weighted by molar-refractivity contribution is 5.16. The predicted molar refractivity (Wildman–Crippen MR) is 79.7 cm³/mol. The van der Waals surface area contributed by atoms with E-state index < -0.39 is 23.4 Å². The Kier molecular flexibility index (Phi) is 4.37. The molecule has 0 radical (unpaired) electrons. The lowest BCUT2D eigenvalue weighted by atomic mass is 9.62. The van der Waals surface area contributed by atoms with Gasteiger partial charge in [-0.1, -0.05) is 19.3 Å². The van der Waals surface area contributed by atoms with Crippen LogP contribution >= 0.6 is 0 Å². The first-order chi connectivity index (χ1) is 11.0. The number of fused-ring (bicyclic) bond motifs is 1. The molecule has 1 aliphatic carbocycles. The van der Waals surface area contributed by atoms with Gasteiger partial charge in [-0.2, -0.15) is 10.5 Å². The van der Waals surface area contributed by atoms with E-state index in [0.717, 1.165) is 32.1 Å². The summed E-state index contributed by atoms with van der Waals surface area (Å²) in [4.78, 5) is 0. The molecule has 3 aliphatic rings. The van der Waals surface area contributed by atoms with Crippen LogP contribution < -0.4 is 0 Å². The van der Waals surface area contributed by atoms with E-state index in [0.29, 0.717) is 0 Å². The molecule has 0 bridgehead atoms. The van der Waals surface area contributed by atoms with E-state index >= 15 is 0 Å². The van der Waals surface area contributed by atoms with E-state index in [9.17, 15) is 10.5 Å². The fraction of sp³-hybridized carbons (Fsp3) is 0.882. The van der Waals surface area contributed by atoms with Crippen LogP contribution in [-0.4, -0.2) is 37.5 Å². The summed E-state index contributed by atoms with van der Waals surface area (Å²) in [6, 6.07) is 4.39. The summed E-state index contributed by atoms with van der Waals surface area (Å²) in [5.41, 5.74) is -0.512. The molecule has 0 amide bonds. The Balaban J connectivity index is 1.96. The zero-order valence-electron chi connectivity index (χ0n) is 13.9. The van der Waals surface area contributed by atoms with Crippen LogP contribution in [0.2, 0.25) is 0 Å². The van der Waals surface area contributed by atoms with Crippen molar-refractivity contribution in [2.45, 2.75) is 76.3 Å². The van der Waals surface area contributed by atoms with Crippen LogP contribution in [0.25, 0.3) is 0 Å². The maximum Gasteiger partial charge on any atom is 0.186 e. The third-order valence-corrected chi connectivity index (χ3v) is 5.43. The van der Waals surface area contributed by atoms with E-state index in [1.807, 2.05) is 13.8 Å². The van der Waals surface area contributed by atoms with Gasteiger partial charge in [-0.25, -0.2) is 0 Å². The van der Waals surface area contributed by atoms with Gasteiger partial charge in [0.25, 0.3) is 0 Å². The Bertz CT molecular complexity index is 516. The molecule has 23 heavy (non-hydrogen) atoms. The van der Waals surface area contributed by atoms with E-state index in [4.69, 9.17) is 18.9 Å². The quantitative estimate of drug-likeness (QED) is 0.794. The smallest absolute Gasteiger partial charge is 0.186 e. The fourth-order valence-corrected chi connectivity index (χ4v) is 4.45. The maximum absolute atomic E-state index is 9.54. The maximum atomic E-state index is 9.54. The van der Waals surface area contributed by atoms with Crippen LogP contribution in [0.3, 0.4) is 0 Å². The van der Waals surface area contributed by atoms with E-state index in [2.05, 4.69) is 12.1 Å². The van der Waals surface area contributed by atoms with Gasteiger partial charge in [0, 0.05) is 12.5 Å². The lowest BCUT2D eigenvalue weighted by Crippen LogP contribution is -2.49. The Hall–Kier alpha value is -1.18. The molecule has 3 rings (SSSR count). The Morgan fingerprint density at radius 2 is 1.65 bits per heavy atom. The normalized spacial score (nSPS) is 38.0. The number of hydrogen-bond donors (Lipinski definition) is 0. The summed E-state index contributed by atoms with van der Waals surface area (Å²) in [5.74, 6) is -1.42. The third-order valence-electron chi connectivity index (χ3n) is 5.43. The lowest BCUT2D eigenvalue weighted by molar-refractivity contribution is -0.245. The minimum atomic E-state index is -0.712. The van der Waals surface area contributed by atoms with Crippen molar-refractivity contribution in [2.24, 2.45) is 11.3 Å². The second-order valence-electron chi connectivity index (χ2n) is 7.21. The summed E-state index contributed by atoms with van der Waals surface area (Å²) in [6.07, 6.45) is 3.21. The standard InChI is InChI=1S/C17H24N2O4/c1-16(2)22-12-13(23-16)15(20-3)21-14(12)17(11(9-18)10-19)7-5-4-6-8-17/h11-15H,4-8H2,1-3H3/t12-,13+,14-,15+/m0/s1. The van der Waals surface area contributed by atoms with Gasteiger partial charge < -0.3 is 18.9 Å². The van der Waals surface area contributed by atoms with Crippen molar-refractivity contribution >= 4 is 0 Å². The zero-order valence-corrected chi connectivity index (χ0v) is 13.9. The van der Waals surface area contributed by atoms with Crippen molar-refractivity contribution in [3.63, 3.8) is 0 Å². The molecular weight excluding hydrogens is 296 g/mol. The number of rotatable bonds is 3. The predicted octanol–water partition coefficient (Wildman–Crippen LogP) is 2.49. The van der Waals surface area contributed by atoms with E-state index in [-0.39, 0.29) is 18.3 Å². The van der Waals surface area contributed by atoms with Gasteiger partial charge >= 0.3 is 0 Å². The molecule has 3 fully saturated rings. The van der Waals surface area contributed by atoms with E-state index in [1.54, 1.807) is 7.11 Å². The molecule has 2 saturated heterocycles. The zero-order chi connectivity index (χ0) is 16.7. The molecule has 0 aromatic heterocycles. The number of ether oxygens (including phenoxy) is 4. The third kappa shape index (κ3) is 2.64. The number of hydrogen-bond acceptors (Lipinski definition) is 6. The van der Waals surface area contributed by atoms with Crippen LogP contribution in [0, 0.1) is 34.0 Å². The van der Waals surface area contributed by atoms with Gasteiger partial charge in [-0.3, -0.25) is 0 Å². The van der Waals surface area contributed by atoms with Crippen molar-refractivity contribution < 1.29 is 18.9 Å². The number of methoxy groups -OCH3 is 1. The second-order valence-corrected chi connectivity index (χ2v) is 7.21. The Morgan fingerprint density at radius 1 is 1.04 bits per heavy atom. The molecule has 0 aromatic rings. The van der Waals surface area contributed by atoms with Crippen LogP contribution in [0.1, 0.15) is 46.0 Å². The molecule has 1 saturated carbocycles. The first-order valence-electron chi connectivity index (χ1n) is 8.30. The van der Waals surface area contributed by atoms with Gasteiger partial charge in [0.15, 0.2) is 12.1 Å². The van der Waals surface area contributed by atoms with Crippen molar-refractivity contribution in [3.05, 3.63) is 0 Å². The minimum absolute atomic E-state index is 0.308. The molecule has 6 heteroatoms. The number of nitrogens with zero attached hydrogens (tertiary/aromatic N) is 2. The molecule has 0 spiro atoms. The molecule has 126 valence electrons. The molecule has 2 aliphatic heterocycles. The average Bonchev–Trinajstić information content (AvgIpc) is 3.02. The van der Waals surface area contributed by atoms with Gasteiger partial charge in [0.05, 0.1) is 18.2 Å². The van der Waals surface area contributed by atoms with Gasteiger partial charge in [0.1, 0.15) is 18.1 Å². The van der Waals surface area contributed by atoms with Crippen LogP contribution in [0.4, 0.5) is 0 Å². The second kappa shape index (κ2) is 6.03. The topological polar surface area (TPSA) is 84.5 Å².